The molecule has 0 radical (unpaired) electrons. The maximum absolute atomic E-state index is 11.1. The maximum Gasteiger partial charge on any atom is 0.330 e. The van der Waals surface area contributed by atoms with Crippen LogP contribution in [0.4, 0.5) is 0 Å². The van der Waals surface area contributed by atoms with Crippen LogP contribution in [-0.4, -0.2) is 25.2 Å². The normalized spacial score (nSPS) is 11.0. The minimum absolute atomic E-state index is 0.201. The molecule has 0 spiro atoms. The van der Waals surface area contributed by atoms with Gasteiger partial charge in [0, 0.05) is 6.08 Å². The minimum Gasteiger partial charge on any atom is -0.465 e. The fourth-order valence-corrected chi connectivity index (χ4v) is 1.20. The summed E-state index contributed by atoms with van der Waals surface area (Å²) < 4.78 is 9.92. The molecule has 4 heteroatoms. The Morgan fingerprint density at radius 3 is 2.22 bits per heavy atom. The van der Waals surface area contributed by atoms with Gasteiger partial charge in [0.2, 0.25) is 0 Å². The lowest BCUT2D eigenvalue weighted by Crippen LogP contribution is -2.05. The Kier molecular flexibility index (Phi) is 10.8. The molecule has 0 unspecified atom stereocenters. The van der Waals surface area contributed by atoms with Gasteiger partial charge in [-0.25, -0.2) is 4.79 Å². The third-order valence-electron chi connectivity index (χ3n) is 2.12. The lowest BCUT2D eigenvalue weighted by molar-refractivity contribution is -0.142. The quantitative estimate of drug-likeness (QED) is 0.275. The van der Waals surface area contributed by atoms with Crippen LogP contribution < -0.4 is 0 Å². The van der Waals surface area contributed by atoms with E-state index in [1.165, 1.54) is 6.08 Å². The molecule has 0 saturated carbocycles. The van der Waals surface area contributed by atoms with Gasteiger partial charge in [0.05, 0.1) is 19.6 Å². The number of rotatable bonds is 9. The summed E-state index contributed by atoms with van der Waals surface area (Å²) >= 11 is 0. The zero-order valence-corrected chi connectivity index (χ0v) is 11.2. The molecule has 0 amide bonds. The minimum atomic E-state index is -0.310. The van der Waals surface area contributed by atoms with Crippen molar-refractivity contribution in [2.75, 3.05) is 13.2 Å². The Labute approximate surface area is 109 Å². The second kappa shape index (κ2) is 11.9. The molecule has 0 heterocycles. The van der Waals surface area contributed by atoms with Crippen LogP contribution in [0.3, 0.4) is 0 Å². The molecule has 0 aromatic carbocycles. The van der Waals surface area contributed by atoms with Crippen LogP contribution in [0.15, 0.2) is 24.3 Å². The Hall–Kier alpha value is -1.58. The van der Waals surface area contributed by atoms with E-state index < -0.39 is 0 Å². The summed E-state index contributed by atoms with van der Waals surface area (Å²) in [4.78, 5) is 22.0. The van der Waals surface area contributed by atoms with Crippen molar-refractivity contribution in [1.29, 1.82) is 0 Å². The van der Waals surface area contributed by atoms with Crippen LogP contribution in [0.2, 0.25) is 0 Å². The summed E-state index contributed by atoms with van der Waals surface area (Å²) in [5, 5.41) is 0. The van der Waals surface area contributed by atoms with Crippen molar-refractivity contribution in [1.82, 2.24) is 0 Å². The number of carbonyl (C=O) groups excluding carboxylic acids is 2. The van der Waals surface area contributed by atoms with Crippen molar-refractivity contribution in [3.63, 3.8) is 0 Å². The van der Waals surface area contributed by atoms with Crippen molar-refractivity contribution in [2.45, 2.75) is 39.5 Å². The largest absolute Gasteiger partial charge is 0.465 e. The first-order chi connectivity index (χ1) is 8.70. The van der Waals surface area contributed by atoms with E-state index in [4.69, 9.17) is 9.47 Å². The second-order valence-electron chi connectivity index (χ2n) is 3.72. The van der Waals surface area contributed by atoms with Gasteiger partial charge in [0.1, 0.15) is 0 Å². The van der Waals surface area contributed by atoms with Crippen LogP contribution in [0.1, 0.15) is 39.5 Å². The maximum atomic E-state index is 11.1. The number of esters is 2. The van der Waals surface area contributed by atoms with E-state index in [0.29, 0.717) is 19.6 Å². The molecular weight excluding hydrogens is 232 g/mol. The van der Waals surface area contributed by atoms with E-state index in [0.717, 1.165) is 19.3 Å². The number of ether oxygens (including phenoxy) is 2. The summed E-state index contributed by atoms with van der Waals surface area (Å²) in [6.45, 7) is 4.47. The highest BCUT2D eigenvalue weighted by molar-refractivity contribution is 5.81. The van der Waals surface area contributed by atoms with E-state index in [2.05, 4.69) is 0 Å². The first-order valence-electron chi connectivity index (χ1n) is 6.27. The fraction of sp³-hybridized carbons (Fsp3) is 0.571. The molecular formula is C14H22O4. The first-order valence-corrected chi connectivity index (χ1v) is 6.27. The standard InChI is InChI=1S/C14H22O4/c1-3-5-10-14(16)18-12-8-6-7-11-17-13(15)9-4-2/h3-5,9H,6-8,10-12H2,1-2H3. The molecule has 18 heavy (non-hydrogen) atoms. The number of hydrogen-bond acceptors (Lipinski definition) is 4. The molecule has 0 aliphatic rings. The summed E-state index contributed by atoms with van der Waals surface area (Å²) in [6, 6.07) is 0. The lowest BCUT2D eigenvalue weighted by Gasteiger charge is -2.04. The second-order valence-corrected chi connectivity index (χ2v) is 3.72. The number of hydrogen-bond donors (Lipinski definition) is 0. The third-order valence-corrected chi connectivity index (χ3v) is 2.12. The van der Waals surface area contributed by atoms with Gasteiger partial charge in [-0.2, -0.15) is 0 Å². The first kappa shape index (κ1) is 16.4. The molecule has 0 fully saturated rings. The van der Waals surface area contributed by atoms with Crippen LogP contribution in [0.25, 0.3) is 0 Å². The molecule has 0 rings (SSSR count). The number of allylic oxidation sites excluding steroid dienone is 2. The van der Waals surface area contributed by atoms with Gasteiger partial charge in [0.25, 0.3) is 0 Å². The number of unbranched alkanes of at least 4 members (excludes halogenated alkanes) is 2. The van der Waals surface area contributed by atoms with Crippen molar-refractivity contribution in [3.8, 4) is 0 Å². The molecule has 0 saturated heterocycles. The van der Waals surface area contributed by atoms with Gasteiger partial charge in [-0.15, -0.1) is 0 Å². The zero-order valence-electron chi connectivity index (χ0n) is 11.2. The zero-order chi connectivity index (χ0) is 13.6. The topological polar surface area (TPSA) is 52.6 Å². The summed E-state index contributed by atoms with van der Waals surface area (Å²) in [6.07, 6.45) is 9.41. The summed E-state index contributed by atoms with van der Waals surface area (Å²) in [7, 11) is 0. The molecule has 0 aromatic rings. The van der Waals surface area contributed by atoms with E-state index in [9.17, 15) is 9.59 Å². The SMILES string of the molecule is CC=CCC(=O)OCCCCCOC(=O)C=CC. The van der Waals surface area contributed by atoms with Crippen molar-refractivity contribution in [3.05, 3.63) is 24.3 Å². The van der Waals surface area contributed by atoms with E-state index in [-0.39, 0.29) is 11.9 Å². The Bertz CT molecular complexity index is 292. The number of carbonyl (C=O) groups is 2. The Balaban J connectivity index is 3.30. The summed E-state index contributed by atoms with van der Waals surface area (Å²) in [5.74, 6) is -0.511. The third kappa shape index (κ3) is 10.9. The van der Waals surface area contributed by atoms with Crippen LogP contribution in [0.5, 0.6) is 0 Å². The van der Waals surface area contributed by atoms with Gasteiger partial charge < -0.3 is 9.47 Å². The van der Waals surface area contributed by atoms with Crippen molar-refractivity contribution in [2.24, 2.45) is 0 Å². The predicted octanol–water partition coefficient (Wildman–Crippen LogP) is 2.79. The highest BCUT2D eigenvalue weighted by atomic mass is 16.5. The van der Waals surface area contributed by atoms with E-state index in [1.807, 2.05) is 13.0 Å². The van der Waals surface area contributed by atoms with E-state index in [1.54, 1.807) is 19.1 Å². The molecule has 0 aromatic heterocycles. The smallest absolute Gasteiger partial charge is 0.330 e. The Morgan fingerprint density at radius 2 is 1.61 bits per heavy atom. The van der Waals surface area contributed by atoms with Crippen molar-refractivity contribution < 1.29 is 19.1 Å². The van der Waals surface area contributed by atoms with Crippen LogP contribution >= 0.6 is 0 Å². The van der Waals surface area contributed by atoms with Gasteiger partial charge in [0.15, 0.2) is 0 Å². The van der Waals surface area contributed by atoms with Gasteiger partial charge in [-0.1, -0.05) is 18.2 Å². The highest BCUT2D eigenvalue weighted by Gasteiger charge is 1.99. The predicted molar refractivity (Wildman–Crippen MR) is 70.0 cm³/mol. The average Bonchev–Trinajstić information content (AvgIpc) is 2.35. The van der Waals surface area contributed by atoms with Gasteiger partial charge >= 0.3 is 11.9 Å². The average molecular weight is 254 g/mol. The van der Waals surface area contributed by atoms with Crippen LogP contribution in [-0.2, 0) is 19.1 Å². The highest BCUT2D eigenvalue weighted by Crippen LogP contribution is 1.98. The molecule has 0 bridgehead atoms. The molecule has 0 aliphatic carbocycles. The van der Waals surface area contributed by atoms with Crippen molar-refractivity contribution >= 4 is 11.9 Å². The Morgan fingerprint density at radius 1 is 0.944 bits per heavy atom. The lowest BCUT2D eigenvalue weighted by atomic mass is 10.2. The van der Waals surface area contributed by atoms with Crippen LogP contribution in [0, 0.1) is 0 Å². The molecule has 0 N–H and O–H groups in total. The van der Waals surface area contributed by atoms with Gasteiger partial charge in [-0.3, -0.25) is 4.79 Å². The molecule has 0 aliphatic heterocycles. The molecule has 4 nitrogen and oxygen atoms in total. The summed E-state index contributed by atoms with van der Waals surface area (Å²) in [5.41, 5.74) is 0. The monoisotopic (exact) mass is 254 g/mol. The molecule has 102 valence electrons. The van der Waals surface area contributed by atoms with E-state index >= 15 is 0 Å². The fourth-order valence-electron chi connectivity index (χ4n) is 1.20. The van der Waals surface area contributed by atoms with Gasteiger partial charge in [-0.05, 0) is 33.1 Å². The molecule has 0 atom stereocenters.